The van der Waals surface area contributed by atoms with Crippen LogP contribution < -0.4 is 15.6 Å². The molecule has 0 aliphatic heterocycles. The number of aromatic nitrogens is 2. The molecule has 8 heteroatoms. The molecule has 8 nitrogen and oxygen atoms in total. The Morgan fingerprint density at radius 2 is 1.52 bits per heavy atom. The fourth-order valence-corrected chi connectivity index (χ4v) is 3.23. The summed E-state index contributed by atoms with van der Waals surface area (Å²) in [5.74, 6) is 0.0368. The molecule has 4 rings (SSSR count). The molecule has 33 heavy (non-hydrogen) atoms. The lowest BCUT2D eigenvalue weighted by Gasteiger charge is -2.10. The van der Waals surface area contributed by atoms with Gasteiger partial charge in [0, 0.05) is 17.6 Å². The lowest BCUT2D eigenvalue weighted by molar-refractivity contribution is -0.119. The van der Waals surface area contributed by atoms with Crippen molar-refractivity contribution in [3.05, 3.63) is 94.9 Å². The van der Waals surface area contributed by atoms with E-state index in [-0.39, 0.29) is 11.3 Å². The maximum Gasteiger partial charge on any atom is 0.359 e. The van der Waals surface area contributed by atoms with Gasteiger partial charge < -0.3 is 14.8 Å². The van der Waals surface area contributed by atoms with Crippen LogP contribution in [0.5, 0.6) is 11.5 Å². The lowest BCUT2D eigenvalue weighted by atomic mass is 10.1. The fourth-order valence-electron chi connectivity index (χ4n) is 3.23. The topological polar surface area (TPSA) is 99.5 Å². The second-order valence-electron chi connectivity index (χ2n) is 7.08. The minimum atomic E-state index is -0.782. The molecule has 0 radical (unpaired) electrons. The predicted molar refractivity (Wildman–Crippen MR) is 124 cm³/mol. The summed E-state index contributed by atoms with van der Waals surface area (Å²) in [4.78, 5) is 37.3. The van der Waals surface area contributed by atoms with Crippen LogP contribution in [0.1, 0.15) is 17.4 Å². The number of amides is 1. The first-order valence-electron chi connectivity index (χ1n) is 10.3. The molecule has 0 fully saturated rings. The molecule has 1 heterocycles. The average Bonchev–Trinajstić information content (AvgIpc) is 2.85. The Hall–Kier alpha value is -4.46. The number of nitrogens with one attached hydrogen (secondary N) is 1. The summed E-state index contributed by atoms with van der Waals surface area (Å²) in [5, 5.41) is 7.52. The highest BCUT2D eigenvalue weighted by Crippen LogP contribution is 2.22. The molecule has 0 spiro atoms. The van der Waals surface area contributed by atoms with Crippen molar-refractivity contribution in [2.45, 2.75) is 13.5 Å². The van der Waals surface area contributed by atoms with E-state index in [0.29, 0.717) is 34.5 Å². The zero-order valence-corrected chi connectivity index (χ0v) is 17.9. The number of nitrogens with zero attached hydrogens (tertiary/aromatic N) is 2. The van der Waals surface area contributed by atoms with Crippen molar-refractivity contribution in [1.29, 1.82) is 0 Å². The minimum absolute atomic E-state index is 0.0118. The zero-order valence-electron chi connectivity index (χ0n) is 17.9. The van der Waals surface area contributed by atoms with Crippen LogP contribution in [0.25, 0.3) is 10.8 Å². The molecule has 0 atom stereocenters. The Kier molecular flexibility index (Phi) is 6.45. The van der Waals surface area contributed by atoms with E-state index in [0.717, 1.165) is 0 Å². The summed E-state index contributed by atoms with van der Waals surface area (Å²) in [6.45, 7) is 1.55. The van der Waals surface area contributed by atoms with Crippen LogP contribution in [0.3, 0.4) is 0 Å². The average molecular weight is 443 g/mol. The smallest absolute Gasteiger partial charge is 0.359 e. The van der Waals surface area contributed by atoms with E-state index in [1.54, 1.807) is 55.5 Å². The van der Waals surface area contributed by atoms with Gasteiger partial charge in [-0.2, -0.15) is 5.10 Å². The molecule has 1 aromatic heterocycles. The number of anilines is 1. The molecule has 0 unspecified atom stereocenters. The van der Waals surface area contributed by atoms with Crippen LogP contribution in [0.4, 0.5) is 5.69 Å². The Balaban J connectivity index is 1.39. The highest BCUT2D eigenvalue weighted by molar-refractivity contribution is 6.03. The first kappa shape index (κ1) is 21.8. The van der Waals surface area contributed by atoms with Crippen LogP contribution in [0, 0.1) is 0 Å². The molecular weight excluding hydrogens is 422 g/mol. The summed E-state index contributed by atoms with van der Waals surface area (Å²) in [6, 6.07) is 22.8. The number of hydrogen-bond donors (Lipinski definition) is 1. The van der Waals surface area contributed by atoms with Gasteiger partial charge in [0.05, 0.1) is 5.39 Å². The van der Waals surface area contributed by atoms with Gasteiger partial charge in [0.2, 0.25) is 0 Å². The normalized spacial score (nSPS) is 10.6. The Labute approximate surface area is 189 Å². The molecule has 0 saturated heterocycles. The van der Waals surface area contributed by atoms with Gasteiger partial charge in [-0.05, 0) is 49.4 Å². The Bertz CT molecular complexity index is 1350. The molecule has 0 aliphatic carbocycles. The summed E-state index contributed by atoms with van der Waals surface area (Å²) >= 11 is 0. The van der Waals surface area contributed by atoms with Crippen molar-refractivity contribution < 1.29 is 19.1 Å². The minimum Gasteiger partial charge on any atom is -0.457 e. The third-order valence-electron chi connectivity index (χ3n) is 4.81. The number of ether oxygens (including phenoxy) is 2. The number of aryl methyl sites for hydroxylation is 1. The highest BCUT2D eigenvalue weighted by atomic mass is 16.5. The van der Waals surface area contributed by atoms with Gasteiger partial charge in [-0.3, -0.25) is 9.59 Å². The standard InChI is InChI=1S/C25H21N3O5/c1-2-28-24(30)21-11-7-6-10-20(21)23(27-28)25(31)32-16-22(29)26-17-12-14-19(15-13-17)33-18-8-4-3-5-9-18/h3-15H,2,16H2,1H3,(H,26,29). The molecule has 0 saturated carbocycles. The first-order chi connectivity index (χ1) is 16.0. The van der Waals surface area contributed by atoms with Crippen LogP contribution >= 0.6 is 0 Å². The number of carbonyl (C=O) groups is 2. The first-order valence-corrected chi connectivity index (χ1v) is 10.3. The van der Waals surface area contributed by atoms with Crippen molar-refractivity contribution in [1.82, 2.24) is 9.78 Å². The molecule has 1 amide bonds. The van der Waals surface area contributed by atoms with E-state index < -0.39 is 18.5 Å². The SMILES string of the molecule is CCn1nc(C(=O)OCC(=O)Nc2ccc(Oc3ccccc3)cc2)c2ccccc2c1=O. The lowest BCUT2D eigenvalue weighted by Crippen LogP contribution is -2.27. The van der Waals surface area contributed by atoms with Gasteiger partial charge in [-0.15, -0.1) is 0 Å². The van der Waals surface area contributed by atoms with Gasteiger partial charge in [-0.25, -0.2) is 9.48 Å². The Morgan fingerprint density at radius 3 is 2.21 bits per heavy atom. The van der Waals surface area contributed by atoms with E-state index in [4.69, 9.17) is 9.47 Å². The monoisotopic (exact) mass is 443 g/mol. The third-order valence-corrected chi connectivity index (χ3v) is 4.81. The molecule has 3 aromatic carbocycles. The quantitative estimate of drug-likeness (QED) is 0.434. The van der Waals surface area contributed by atoms with Gasteiger partial charge in [0.1, 0.15) is 11.5 Å². The number of hydrogen-bond acceptors (Lipinski definition) is 6. The second kappa shape index (κ2) is 9.78. The molecule has 0 bridgehead atoms. The number of fused-ring (bicyclic) bond motifs is 1. The van der Waals surface area contributed by atoms with E-state index in [2.05, 4.69) is 10.4 Å². The highest BCUT2D eigenvalue weighted by Gasteiger charge is 2.18. The van der Waals surface area contributed by atoms with E-state index in [1.807, 2.05) is 30.3 Å². The van der Waals surface area contributed by atoms with Crippen molar-refractivity contribution >= 4 is 28.3 Å². The van der Waals surface area contributed by atoms with Crippen LogP contribution in [0.15, 0.2) is 83.7 Å². The van der Waals surface area contributed by atoms with Gasteiger partial charge in [-0.1, -0.05) is 36.4 Å². The van der Waals surface area contributed by atoms with Crippen LogP contribution in [0.2, 0.25) is 0 Å². The maximum atomic E-state index is 12.6. The molecule has 166 valence electrons. The summed E-state index contributed by atoms with van der Waals surface area (Å²) < 4.78 is 12.1. The number of carbonyl (C=O) groups excluding carboxylic acids is 2. The molecule has 0 aliphatic rings. The third kappa shape index (κ3) is 5.07. The summed E-state index contributed by atoms with van der Waals surface area (Å²) in [5.41, 5.74) is 0.226. The van der Waals surface area contributed by atoms with E-state index in [1.165, 1.54) is 4.68 Å². The van der Waals surface area contributed by atoms with Crippen molar-refractivity contribution in [2.24, 2.45) is 0 Å². The number of para-hydroxylation sites is 1. The van der Waals surface area contributed by atoms with Gasteiger partial charge in [0.15, 0.2) is 12.3 Å². The maximum absolute atomic E-state index is 12.6. The number of esters is 1. The zero-order chi connectivity index (χ0) is 23.2. The van der Waals surface area contributed by atoms with Crippen LogP contribution in [-0.2, 0) is 16.1 Å². The number of rotatable bonds is 7. The van der Waals surface area contributed by atoms with Gasteiger partial charge in [0.25, 0.3) is 11.5 Å². The van der Waals surface area contributed by atoms with Crippen LogP contribution in [-0.4, -0.2) is 28.3 Å². The largest absolute Gasteiger partial charge is 0.457 e. The van der Waals surface area contributed by atoms with Crippen molar-refractivity contribution in [3.8, 4) is 11.5 Å². The molecular formula is C25H21N3O5. The van der Waals surface area contributed by atoms with E-state index >= 15 is 0 Å². The van der Waals surface area contributed by atoms with E-state index in [9.17, 15) is 14.4 Å². The summed E-state index contributed by atoms with van der Waals surface area (Å²) in [7, 11) is 0. The van der Waals surface area contributed by atoms with Crippen molar-refractivity contribution in [2.75, 3.05) is 11.9 Å². The molecule has 4 aromatic rings. The second-order valence-corrected chi connectivity index (χ2v) is 7.08. The summed E-state index contributed by atoms with van der Waals surface area (Å²) in [6.07, 6.45) is 0. The Morgan fingerprint density at radius 1 is 0.879 bits per heavy atom. The predicted octanol–water partition coefficient (Wildman–Crippen LogP) is 4.00. The number of benzene rings is 3. The fraction of sp³-hybridized carbons (Fsp3) is 0.120. The molecule has 1 N–H and O–H groups in total. The van der Waals surface area contributed by atoms with Gasteiger partial charge >= 0.3 is 5.97 Å². The van der Waals surface area contributed by atoms with Crippen molar-refractivity contribution in [3.63, 3.8) is 0 Å².